The van der Waals surface area contributed by atoms with E-state index in [9.17, 15) is 0 Å². The highest BCUT2D eigenvalue weighted by Gasteiger charge is 2.28. The predicted octanol–water partition coefficient (Wildman–Crippen LogP) is 7.25. The summed E-state index contributed by atoms with van der Waals surface area (Å²) in [6.07, 6.45) is 9.90. The van der Waals surface area contributed by atoms with Crippen molar-refractivity contribution < 1.29 is 0 Å². The first-order valence-electron chi connectivity index (χ1n) is 7.51. The Hall–Kier alpha value is 0.660. The first-order valence-corrected chi connectivity index (χ1v) is 10.0. The number of unbranched alkanes of at least 4 members (excludes halogenated alkanes) is 1. The van der Waals surface area contributed by atoms with E-state index in [1.165, 1.54) is 59.2 Å². The molecule has 0 radical (unpaired) electrons. The Bertz CT molecular complexity index is 391. The van der Waals surface area contributed by atoms with Crippen LogP contribution in [0.1, 0.15) is 66.5 Å². The molecule has 0 aliphatic heterocycles. The fraction of sp³-hybridized carbons (Fsp3) is 0.750. The molecule has 19 heavy (non-hydrogen) atoms. The SMILES string of the molecule is CCCCC1CCC(C(Br)c2sc(C)cc2Br)CC1. The van der Waals surface area contributed by atoms with Crippen molar-refractivity contribution in [3.05, 3.63) is 20.3 Å². The van der Waals surface area contributed by atoms with E-state index in [0.717, 1.165) is 11.8 Å². The largest absolute Gasteiger partial charge is 0.143 e. The van der Waals surface area contributed by atoms with E-state index >= 15 is 0 Å². The Balaban J connectivity index is 1.89. The van der Waals surface area contributed by atoms with E-state index in [1.54, 1.807) is 0 Å². The molecule has 1 aliphatic rings. The van der Waals surface area contributed by atoms with Gasteiger partial charge in [-0.25, -0.2) is 0 Å². The molecule has 1 heterocycles. The van der Waals surface area contributed by atoms with Crippen LogP contribution >= 0.6 is 43.2 Å². The van der Waals surface area contributed by atoms with Gasteiger partial charge in [-0.15, -0.1) is 11.3 Å². The molecule has 1 atom stereocenters. The van der Waals surface area contributed by atoms with Gasteiger partial charge in [-0.05, 0) is 53.6 Å². The third-order valence-corrected chi connectivity index (χ3v) is 7.92. The summed E-state index contributed by atoms with van der Waals surface area (Å²) in [6.45, 7) is 4.50. The van der Waals surface area contributed by atoms with Crippen molar-refractivity contribution in [3.63, 3.8) is 0 Å². The van der Waals surface area contributed by atoms with Gasteiger partial charge in [0.05, 0.1) is 4.83 Å². The molecule has 1 fully saturated rings. The molecule has 0 amide bonds. The van der Waals surface area contributed by atoms with Crippen LogP contribution in [0, 0.1) is 18.8 Å². The van der Waals surface area contributed by atoms with Gasteiger partial charge in [0.15, 0.2) is 0 Å². The summed E-state index contributed by atoms with van der Waals surface area (Å²) in [5, 5.41) is 0. The van der Waals surface area contributed by atoms with Gasteiger partial charge in [0.2, 0.25) is 0 Å². The van der Waals surface area contributed by atoms with Crippen LogP contribution in [-0.2, 0) is 0 Å². The van der Waals surface area contributed by atoms with Crippen LogP contribution < -0.4 is 0 Å². The Morgan fingerprint density at radius 3 is 2.53 bits per heavy atom. The molecular weight excluding hydrogens is 384 g/mol. The van der Waals surface area contributed by atoms with Gasteiger partial charge in [-0.3, -0.25) is 0 Å². The van der Waals surface area contributed by atoms with Crippen molar-refractivity contribution in [2.24, 2.45) is 11.8 Å². The molecule has 0 bridgehead atoms. The van der Waals surface area contributed by atoms with Crippen molar-refractivity contribution in [2.75, 3.05) is 0 Å². The minimum absolute atomic E-state index is 0.549. The molecule has 1 aromatic heterocycles. The van der Waals surface area contributed by atoms with Crippen molar-refractivity contribution in [2.45, 2.75) is 63.6 Å². The quantitative estimate of drug-likeness (QED) is 0.450. The lowest BCUT2D eigenvalue weighted by atomic mass is 9.78. The van der Waals surface area contributed by atoms with E-state index in [2.05, 4.69) is 51.8 Å². The lowest BCUT2D eigenvalue weighted by Gasteiger charge is -2.31. The molecule has 3 heteroatoms. The van der Waals surface area contributed by atoms with Gasteiger partial charge in [0.1, 0.15) is 0 Å². The van der Waals surface area contributed by atoms with E-state index in [1.807, 2.05) is 11.3 Å². The first kappa shape index (κ1) is 16.0. The number of alkyl halides is 1. The normalized spacial score (nSPS) is 25.5. The van der Waals surface area contributed by atoms with Crippen LogP contribution in [0.4, 0.5) is 0 Å². The topological polar surface area (TPSA) is 0 Å². The average Bonchev–Trinajstić information content (AvgIpc) is 2.75. The fourth-order valence-corrected chi connectivity index (χ4v) is 6.50. The molecule has 1 unspecified atom stereocenters. The monoisotopic (exact) mass is 406 g/mol. The lowest BCUT2D eigenvalue weighted by molar-refractivity contribution is 0.258. The smallest absolute Gasteiger partial charge is 0.0528 e. The number of thiophene rings is 1. The van der Waals surface area contributed by atoms with Crippen LogP contribution in [-0.4, -0.2) is 0 Å². The van der Waals surface area contributed by atoms with Crippen molar-refractivity contribution >= 4 is 43.2 Å². The molecule has 0 N–H and O–H groups in total. The predicted molar refractivity (Wildman–Crippen MR) is 93.4 cm³/mol. The Morgan fingerprint density at radius 2 is 2.00 bits per heavy atom. The highest BCUT2D eigenvalue weighted by Crippen LogP contribution is 2.47. The summed E-state index contributed by atoms with van der Waals surface area (Å²) < 4.78 is 1.30. The zero-order valence-corrected chi connectivity index (χ0v) is 15.9. The van der Waals surface area contributed by atoms with E-state index < -0.39 is 0 Å². The minimum atomic E-state index is 0.549. The Labute approximate surface area is 138 Å². The van der Waals surface area contributed by atoms with Crippen LogP contribution in [0.3, 0.4) is 0 Å². The minimum Gasteiger partial charge on any atom is -0.143 e. The van der Waals surface area contributed by atoms with Crippen molar-refractivity contribution in [3.8, 4) is 0 Å². The maximum atomic E-state index is 3.96. The molecule has 0 aromatic carbocycles. The molecule has 0 spiro atoms. The van der Waals surface area contributed by atoms with Gasteiger partial charge in [0.25, 0.3) is 0 Å². The van der Waals surface area contributed by atoms with Gasteiger partial charge in [-0.1, -0.05) is 55.0 Å². The summed E-state index contributed by atoms with van der Waals surface area (Å²) >= 11 is 9.61. The number of hydrogen-bond acceptors (Lipinski definition) is 1. The lowest BCUT2D eigenvalue weighted by Crippen LogP contribution is -2.17. The first-order chi connectivity index (χ1) is 9.11. The van der Waals surface area contributed by atoms with Crippen LogP contribution in [0.5, 0.6) is 0 Å². The average molecular weight is 408 g/mol. The summed E-state index contributed by atoms with van der Waals surface area (Å²) in [6, 6.07) is 2.25. The maximum absolute atomic E-state index is 3.96. The van der Waals surface area contributed by atoms with Crippen LogP contribution in [0.2, 0.25) is 0 Å². The summed E-state index contributed by atoms with van der Waals surface area (Å²) in [5.41, 5.74) is 0. The standard InChI is InChI=1S/C16H24Br2S/c1-3-4-5-12-6-8-13(9-7-12)15(18)16-14(17)10-11(2)19-16/h10,12-13,15H,3-9H2,1-2H3. The molecule has 1 saturated carbocycles. The second kappa shape index (κ2) is 7.61. The summed E-state index contributed by atoms with van der Waals surface area (Å²) in [4.78, 5) is 3.45. The van der Waals surface area contributed by atoms with E-state index in [4.69, 9.17) is 0 Å². The number of halogens is 2. The number of hydrogen-bond donors (Lipinski definition) is 0. The molecule has 0 saturated heterocycles. The van der Waals surface area contributed by atoms with Gasteiger partial charge >= 0.3 is 0 Å². The van der Waals surface area contributed by atoms with E-state index in [0.29, 0.717) is 4.83 Å². The van der Waals surface area contributed by atoms with Gasteiger partial charge in [-0.2, -0.15) is 0 Å². The van der Waals surface area contributed by atoms with Gasteiger partial charge in [0, 0.05) is 14.2 Å². The second-order valence-corrected chi connectivity index (χ2v) is 9.02. The number of aryl methyl sites for hydroxylation is 1. The molecule has 2 rings (SSSR count). The maximum Gasteiger partial charge on any atom is 0.0528 e. The van der Waals surface area contributed by atoms with Gasteiger partial charge < -0.3 is 0 Å². The highest BCUT2D eigenvalue weighted by atomic mass is 79.9. The second-order valence-electron chi connectivity index (χ2n) is 5.89. The zero-order chi connectivity index (χ0) is 13.8. The number of rotatable bonds is 5. The third-order valence-electron chi connectivity index (χ3n) is 4.36. The van der Waals surface area contributed by atoms with Crippen LogP contribution in [0.25, 0.3) is 0 Å². The van der Waals surface area contributed by atoms with E-state index in [-0.39, 0.29) is 0 Å². The molecular formula is C16H24Br2S. The molecule has 1 aromatic rings. The summed E-state index contributed by atoms with van der Waals surface area (Å²) in [5.74, 6) is 1.83. The van der Waals surface area contributed by atoms with Crippen molar-refractivity contribution in [1.29, 1.82) is 0 Å². The third kappa shape index (κ3) is 4.31. The molecule has 1 aliphatic carbocycles. The molecule has 0 nitrogen and oxygen atoms in total. The molecule has 108 valence electrons. The Morgan fingerprint density at radius 1 is 1.32 bits per heavy atom. The summed E-state index contributed by atoms with van der Waals surface area (Å²) in [7, 11) is 0. The fourth-order valence-electron chi connectivity index (χ4n) is 3.17. The zero-order valence-electron chi connectivity index (χ0n) is 11.9. The van der Waals surface area contributed by atoms with Crippen LogP contribution in [0.15, 0.2) is 10.5 Å². The Kier molecular flexibility index (Phi) is 6.42. The highest BCUT2D eigenvalue weighted by molar-refractivity contribution is 9.11. The van der Waals surface area contributed by atoms with Crippen molar-refractivity contribution in [1.82, 2.24) is 0 Å².